The van der Waals surface area contributed by atoms with Gasteiger partial charge in [-0.3, -0.25) is 4.79 Å². The van der Waals surface area contributed by atoms with E-state index in [2.05, 4.69) is 4.98 Å². The highest BCUT2D eigenvalue weighted by molar-refractivity contribution is 6.09. The van der Waals surface area contributed by atoms with Gasteiger partial charge in [-0.25, -0.2) is 0 Å². The number of rotatable bonds is 2. The third-order valence-corrected chi connectivity index (χ3v) is 3.08. The van der Waals surface area contributed by atoms with Gasteiger partial charge in [0.05, 0.1) is 23.7 Å². The van der Waals surface area contributed by atoms with Crippen LogP contribution >= 0.6 is 0 Å². The first-order chi connectivity index (χ1) is 8.72. The maximum absolute atomic E-state index is 10.8. The zero-order chi connectivity index (χ0) is 12.7. The summed E-state index contributed by atoms with van der Waals surface area (Å²) >= 11 is 0. The van der Waals surface area contributed by atoms with E-state index < -0.39 is 0 Å². The largest absolute Gasteiger partial charge is 0.507 e. The number of H-pyrrole nitrogens is 1. The maximum atomic E-state index is 10.8. The Bertz CT molecular complexity index is 758. The molecule has 0 aliphatic rings. The van der Waals surface area contributed by atoms with Gasteiger partial charge in [-0.15, -0.1) is 0 Å². The monoisotopic (exact) mass is 241 g/mol. The van der Waals surface area contributed by atoms with Gasteiger partial charge in [-0.05, 0) is 18.2 Å². The van der Waals surface area contributed by atoms with Gasteiger partial charge in [-0.1, -0.05) is 0 Å². The zero-order valence-corrected chi connectivity index (χ0v) is 9.73. The van der Waals surface area contributed by atoms with Crippen LogP contribution in [0.25, 0.3) is 21.8 Å². The summed E-state index contributed by atoms with van der Waals surface area (Å²) in [7, 11) is 1.61. The molecule has 0 bridgehead atoms. The van der Waals surface area contributed by atoms with Crippen LogP contribution in [0.1, 0.15) is 10.4 Å². The second kappa shape index (κ2) is 3.77. The number of hydrogen-bond donors (Lipinski definition) is 2. The molecule has 0 saturated heterocycles. The first-order valence-corrected chi connectivity index (χ1v) is 5.50. The molecule has 90 valence electrons. The molecule has 0 aliphatic carbocycles. The molecular formula is C14H11NO3. The fraction of sp³-hybridized carbons (Fsp3) is 0.0714. The minimum Gasteiger partial charge on any atom is -0.507 e. The summed E-state index contributed by atoms with van der Waals surface area (Å²) in [6, 6.07) is 8.92. The molecule has 0 fully saturated rings. The summed E-state index contributed by atoms with van der Waals surface area (Å²) in [5.41, 5.74) is 1.99. The van der Waals surface area contributed by atoms with Gasteiger partial charge in [0.2, 0.25) is 0 Å². The van der Waals surface area contributed by atoms with Gasteiger partial charge >= 0.3 is 0 Å². The molecule has 0 atom stereocenters. The Balaban J connectivity index is 2.40. The van der Waals surface area contributed by atoms with Crippen molar-refractivity contribution in [2.75, 3.05) is 7.11 Å². The number of fused-ring (bicyclic) bond motifs is 3. The number of methoxy groups -OCH3 is 1. The van der Waals surface area contributed by atoms with E-state index in [1.54, 1.807) is 19.2 Å². The number of aromatic nitrogens is 1. The standard InChI is InChI=1S/C14H11NO3/c1-18-9-2-3-10-11-4-8(7-16)14(17)6-13(11)15-12(10)5-9/h2-7,15,17H,1H3. The summed E-state index contributed by atoms with van der Waals surface area (Å²) in [5, 5.41) is 11.6. The molecule has 1 aromatic heterocycles. The van der Waals surface area contributed by atoms with E-state index in [1.165, 1.54) is 0 Å². The highest BCUT2D eigenvalue weighted by atomic mass is 16.5. The van der Waals surface area contributed by atoms with Crippen molar-refractivity contribution in [1.82, 2.24) is 4.98 Å². The Morgan fingerprint density at radius 3 is 2.67 bits per heavy atom. The number of nitrogens with one attached hydrogen (secondary N) is 1. The van der Waals surface area contributed by atoms with E-state index in [1.807, 2.05) is 18.2 Å². The van der Waals surface area contributed by atoms with Crippen molar-refractivity contribution in [3.63, 3.8) is 0 Å². The molecule has 1 heterocycles. The van der Waals surface area contributed by atoms with Crippen LogP contribution in [0, 0.1) is 0 Å². The third kappa shape index (κ3) is 1.43. The first kappa shape index (κ1) is 10.7. The molecule has 2 aromatic carbocycles. The molecule has 3 aromatic rings. The van der Waals surface area contributed by atoms with E-state index in [0.29, 0.717) is 11.8 Å². The van der Waals surface area contributed by atoms with Crippen LogP contribution in [-0.2, 0) is 0 Å². The molecule has 0 spiro atoms. The molecule has 2 N–H and O–H groups in total. The van der Waals surface area contributed by atoms with Crippen LogP contribution in [0.3, 0.4) is 0 Å². The summed E-state index contributed by atoms with van der Waals surface area (Å²) < 4.78 is 5.16. The summed E-state index contributed by atoms with van der Waals surface area (Å²) in [4.78, 5) is 14.0. The topological polar surface area (TPSA) is 62.3 Å². The fourth-order valence-electron chi connectivity index (χ4n) is 2.16. The van der Waals surface area contributed by atoms with Crippen LogP contribution in [0.15, 0.2) is 30.3 Å². The molecule has 4 nitrogen and oxygen atoms in total. The van der Waals surface area contributed by atoms with Crippen molar-refractivity contribution in [1.29, 1.82) is 0 Å². The highest BCUT2D eigenvalue weighted by Crippen LogP contribution is 2.31. The summed E-state index contributed by atoms with van der Waals surface area (Å²) in [5.74, 6) is 0.741. The van der Waals surface area contributed by atoms with Crippen molar-refractivity contribution >= 4 is 28.1 Å². The highest BCUT2D eigenvalue weighted by Gasteiger charge is 2.09. The Labute approximate surface area is 103 Å². The van der Waals surface area contributed by atoms with E-state index in [-0.39, 0.29) is 5.75 Å². The lowest BCUT2D eigenvalue weighted by Crippen LogP contribution is -1.81. The number of phenolic OH excluding ortho intramolecular Hbond substituents is 1. The van der Waals surface area contributed by atoms with E-state index in [9.17, 15) is 9.90 Å². The SMILES string of the molecule is COc1ccc2c(c1)[nH]c1cc(O)c(C=O)cc12. The van der Waals surface area contributed by atoms with Crippen molar-refractivity contribution in [3.05, 3.63) is 35.9 Å². The predicted octanol–water partition coefficient (Wildman–Crippen LogP) is 2.85. The minimum absolute atomic E-state index is 0.0176. The number of aldehydes is 1. The molecule has 4 heteroatoms. The Kier molecular flexibility index (Phi) is 2.23. The molecule has 0 saturated carbocycles. The van der Waals surface area contributed by atoms with Crippen molar-refractivity contribution in [3.8, 4) is 11.5 Å². The molecule has 0 radical (unpaired) electrons. The average Bonchev–Trinajstić information content (AvgIpc) is 2.73. The van der Waals surface area contributed by atoms with Crippen LogP contribution in [-0.4, -0.2) is 23.5 Å². The fourth-order valence-corrected chi connectivity index (χ4v) is 2.16. The lowest BCUT2D eigenvalue weighted by molar-refractivity contribution is 0.112. The molecule has 0 aliphatic heterocycles. The maximum Gasteiger partial charge on any atom is 0.153 e. The lowest BCUT2D eigenvalue weighted by atomic mass is 10.1. The third-order valence-electron chi connectivity index (χ3n) is 3.08. The number of carbonyl (C=O) groups is 1. The number of aromatic hydroxyl groups is 1. The minimum atomic E-state index is -0.0176. The van der Waals surface area contributed by atoms with E-state index >= 15 is 0 Å². The molecule has 3 rings (SSSR count). The summed E-state index contributed by atoms with van der Waals surface area (Å²) in [6.45, 7) is 0. The first-order valence-electron chi connectivity index (χ1n) is 5.50. The molecule has 0 unspecified atom stereocenters. The van der Waals surface area contributed by atoms with Gasteiger partial charge in [0, 0.05) is 22.9 Å². The van der Waals surface area contributed by atoms with Crippen LogP contribution in [0.5, 0.6) is 11.5 Å². The predicted molar refractivity (Wildman–Crippen MR) is 69.4 cm³/mol. The normalized spacial score (nSPS) is 10.9. The number of aromatic amines is 1. The van der Waals surface area contributed by atoms with Gasteiger partial charge < -0.3 is 14.8 Å². The zero-order valence-electron chi connectivity index (χ0n) is 9.73. The number of ether oxygens (including phenoxy) is 1. The second-order valence-electron chi connectivity index (χ2n) is 4.11. The van der Waals surface area contributed by atoms with Crippen LogP contribution in [0.2, 0.25) is 0 Å². The lowest BCUT2D eigenvalue weighted by Gasteiger charge is -1.99. The van der Waals surface area contributed by atoms with E-state index in [0.717, 1.165) is 27.6 Å². The second-order valence-corrected chi connectivity index (χ2v) is 4.11. The number of phenols is 1. The number of hydrogen-bond acceptors (Lipinski definition) is 3. The summed E-state index contributed by atoms with van der Waals surface area (Å²) in [6.07, 6.45) is 0.650. The van der Waals surface area contributed by atoms with Gasteiger partial charge in [-0.2, -0.15) is 0 Å². The van der Waals surface area contributed by atoms with Gasteiger partial charge in [0.25, 0.3) is 0 Å². The molecule has 18 heavy (non-hydrogen) atoms. The Morgan fingerprint density at radius 2 is 1.94 bits per heavy atom. The number of benzene rings is 2. The Hall–Kier alpha value is -2.49. The number of carbonyl (C=O) groups excluding carboxylic acids is 1. The average molecular weight is 241 g/mol. The van der Waals surface area contributed by atoms with Crippen molar-refractivity contribution in [2.45, 2.75) is 0 Å². The molecule has 0 amide bonds. The van der Waals surface area contributed by atoms with Crippen molar-refractivity contribution < 1.29 is 14.6 Å². The van der Waals surface area contributed by atoms with Gasteiger partial charge in [0.1, 0.15) is 11.5 Å². The van der Waals surface area contributed by atoms with E-state index in [4.69, 9.17) is 4.74 Å². The Morgan fingerprint density at radius 1 is 1.17 bits per heavy atom. The van der Waals surface area contributed by atoms with Crippen LogP contribution in [0.4, 0.5) is 0 Å². The van der Waals surface area contributed by atoms with Crippen LogP contribution < -0.4 is 4.74 Å². The smallest absolute Gasteiger partial charge is 0.153 e. The van der Waals surface area contributed by atoms with Gasteiger partial charge in [0.15, 0.2) is 6.29 Å². The molecular weight excluding hydrogens is 230 g/mol. The van der Waals surface area contributed by atoms with Crippen molar-refractivity contribution in [2.24, 2.45) is 0 Å². The quantitative estimate of drug-likeness (QED) is 0.678.